The number of imide groups is 1. The predicted octanol–water partition coefficient (Wildman–Crippen LogP) is 0.881. The summed E-state index contributed by atoms with van der Waals surface area (Å²) >= 11 is 3.26. The summed E-state index contributed by atoms with van der Waals surface area (Å²) in [6.07, 6.45) is 6.96. The number of rotatable bonds is 2. The predicted molar refractivity (Wildman–Crippen MR) is 84.9 cm³/mol. The van der Waals surface area contributed by atoms with Gasteiger partial charge < -0.3 is 0 Å². The van der Waals surface area contributed by atoms with Crippen LogP contribution in [-0.2, 0) is 16.6 Å². The number of nitrogens with zero attached hydrogens (tertiary/aromatic N) is 3. The highest BCUT2D eigenvalue weighted by molar-refractivity contribution is 9.10. The molecule has 7 nitrogen and oxygen atoms in total. The molecule has 6 atom stereocenters. The summed E-state index contributed by atoms with van der Waals surface area (Å²) in [5.74, 6) is -0.391. The second-order valence-corrected chi connectivity index (χ2v) is 7.96. The van der Waals surface area contributed by atoms with E-state index in [1.807, 2.05) is 0 Å². The summed E-state index contributed by atoms with van der Waals surface area (Å²) in [7, 11) is 1.69. The SMILES string of the molecule is Cn1cc(Br)c(C(=O)NN2C(=O)[C@@H]3[C@H]4C=C[C@@H]([C@@H]5C[C@H]45)[C@H]3C2=O)n1. The second kappa shape index (κ2) is 4.56. The maximum atomic E-state index is 12.8. The molecule has 6 rings (SSSR count). The average Bonchev–Trinajstić information content (AvgIpc) is 3.26. The number of carbonyl (C=O) groups is 3. The first-order valence-corrected chi connectivity index (χ1v) is 8.83. The van der Waals surface area contributed by atoms with Crippen molar-refractivity contribution in [1.29, 1.82) is 0 Å². The molecule has 0 unspecified atom stereocenters. The van der Waals surface area contributed by atoms with Crippen LogP contribution >= 0.6 is 15.9 Å². The molecule has 1 N–H and O–H groups in total. The lowest BCUT2D eigenvalue weighted by molar-refractivity contribution is -0.143. The van der Waals surface area contributed by atoms with E-state index in [-0.39, 0.29) is 41.2 Å². The fraction of sp³-hybridized carbons (Fsp3) is 0.500. The summed E-state index contributed by atoms with van der Waals surface area (Å²) in [6.45, 7) is 0. The van der Waals surface area contributed by atoms with Crippen LogP contribution < -0.4 is 5.43 Å². The van der Waals surface area contributed by atoms with Gasteiger partial charge in [-0.1, -0.05) is 12.2 Å². The highest BCUT2D eigenvalue weighted by Gasteiger charge is 2.67. The number of carbonyl (C=O) groups excluding carboxylic acids is 3. The van der Waals surface area contributed by atoms with E-state index < -0.39 is 5.91 Å². The maximum Gasteiger partial charge on any atom is 0.291 e. The van der Waals surface area contributed by atoms with Crippen LogP contribution in [0.2, 0.25) is 0 Å². The van der Waals surface area contributed by atoms with Gasteiger partial charge in [0.15, 0.2) is 5.69 Å². The maximum absolute atomic E-state index is 12.8. The molecule has 3 fully saturated rings. The third-order valence-electron chi connectivity index (χ3n) is 5.88. The first-order valence-electron chi connectivity index (χ1n) is 8.03. The molecule has 5 aliphatic rings. The summed E-state index contributed by atoms with van der Waals surface area (Å²) < 4.78 is 2.01. The van der Waals surface area contributed by atoms with Crippen molar-refractivity contribution in [3.05, 3.63) is 28.5 Å². The number of halogens is 1. The fourth-order valence-corrected chi connectivity index (χ4v) is 5.39. The number of aromatic nitrogens is 2. The number of aryl methyl sites for hydroxylation is 1. The first-order chi connectivity index (χ1) is 11.5. The van der Waals surface area contributed by atoms with Crippen molar-refractivity contribution in [3.8, 4) is 0 Å². The minimum Gasteiger partial charge on any atom is -0.274 e. The average molecular weight is 391 g/mol. The van der Waals surface area contributed by atoms with Crippen molar-refractivity contribution in [2.75, 3.05) is 0 Å². The molecular weight excluding hydrogens is 376 g/mol. The van der Waals surface area contributed by atoms with Gasteiger partial charge in [-0.3, -0.25) is 24.5 Å². The van der Waals surface area contributed by atoms with Gasteiger partial charge in [0, 0.05) is 13.2 Å². The van der Waals surface area contributed by atoms with E-state index in [1.54, 1.807) is 13.2 Å². The van der Waals surface area contributed by atoms with Crippen molar-refractivity contribution in [2.24, 2.45) is 42.6 Å². The topological polar surface area (TPSA) is 84.3 Å². The van der Waals surface area contributed by atoms with Gasteiger partial charge >= 0.3 is 0 Å². The van der Waals surface area contributed by atoms with Gasteiger partial charge in [0.2, 0.25) is 0 Å². The van der Waals surface area contributed by atoms with Crippen molar-refractivity contribution < 1.29 is 14.4 Å². The third-order valence-corrected chi connectivity index (χ3v) is 6.46. The Bertz CT molecular complexity index is 795. The Hall–Kier alpha value is -1.96. The van der Waals surface area contributed by atoms with Gasteiger partial charge in [0.25, 0.3) is 17.7 Å². The van der Waals surface area contributed by atoms with Crippen LogP contribution in [0.3, 0.4) is 0 Å². The lowest BCUT2D eigenvalue weighted by Gasteiger charge is -2.37. The van der Waals surface area contributed by atoms with E-state index in [0.717, 1.165) is 11.4 Å². The molecule has 0 radical (unpaired) electrons. The Morgan fingerprint density at radius 1 is 1.21 bits per heavy atom. The molecule has 1 aromatic rings. The van der Waals surface area contributed by atoms with E-state index in [9.17, 15) is 14.4 Å². The Kier molecular flexibility index (Phi) is 2.73. The number of hydrazine groups is 1. The lowest BCUT2D eigenvalue weighted by atomic mass is 9.63. The van der Waals surface area contributed by atoms with Crippen molar-refractivity contribution in [1.82, 2.24) is 20.2 Å². The monoisotopic (exact) mass is 390 g/mol. The molecule has 2 saturated carbocycles. The highest BCUT2D eigenvalue weighted by atomic mass is 79.9. The summed E-state index contributed by atoms with van der Waals surface area (Å²) in [6, 6.07) is 0. The zero-order chi connectivity index (χ0) is 16.7. The Morgan fingerprint density at radius 2 is 1.79 bits per heavy atom. The first kappa shape index (κ1) is 14.4. The van der Waals surface area contributed by atoms with Gasteiger partial charge in [-0.25, -0.2) is 0 Å². The number of allylic oxidation sites excluding steroid dienone is 2. The number of amides is 3. The summed E-state index contributed by atoms with van der Waals surface area (Å²) in [4.78, 5) is 38.0. The molecule has 2 heterocycles. The van der Waals surface area contributed by atoms with Gasteiger partial charge in [-0.05, 0) is 46.0 Å². The van der Waals surface area contributed by atoms with Crippen LogP contribution in [0.1, 0.15) is 16.9 Å². The highest BCUT2D eigenvalue weighted by Crippen LogP contribution is 2.65. The number of nitrogens with one attached hydrogen (secondary N) is 1. The molecule has 1 aromatic heterocycles. The summed E-state index contributed by atoms with van der Waals surface area (Å²) in [5.41, 5.74) is 2.62. The van der Waals surface area contributed by atoms with Crippen LogP contribution in [0.4, 0.5) is 0 Å². The van der Waals surface area contributed by atoms with Crippen molar-refractivity contribution in [3.63, 3.8) is 0 Å². The molecule has 1 saturated heterocycles. The van der Waals surface area contributed by atoms with Crippen LogP contribution in [0.15, 0.2) is 22.8 Å². The molecule has 3 amide bonds. The zero-order valence-corrected chi connectivity index (χ0v) is 14.4. The Labute approximate surface area is 146 Å². The Morgan fingerprint density at radius 3 is 2.29 bits per heavy atom. The van der Waals surface area contributed by atoms with Crippen LogP contribution in [0, 0.1) is 35.5 Å². The van der Waals surface area contributed by atoms with Gasteiger partial charge in [0.1, 0.15) is 0 Å². The standard InChI is InChI=1S/C16H15BrN4O3/c1-20-5-10(17)13(18-20)14(22)19-21-15(23)11-6-2-3-7(9-4-8(6)9)12(11)16(21)24/h2-3,5-9,11-12H,4H2,1H3,(H,19,22)/t6-,7-,8-,9+,11+,12+/m0/s1. The van der Waals surface area contributed by atoms with Gasteiger partial charge in [-0.15, -0.1) is 0 Å². The van der Waals surface area contributed by atoms with Gasteiger partial charge in [-0.2, -0.15) is 10.1 Å². The molecule has 4 aliphatic carbocycles. The third kappa shape index (κ3) is 1.72. The Balaban J connectivity index is 1.42. The molecule has 124 valence electrons. The largest absolute Gasteiger partial charge is 0.291 e. The van der Waals surface area contributed by atoms with Crippen LogP contribution in [-0.4, -0.2) is 32.5 Å². The molecule has 8 heteroatoms. The molecule has 2 bridgehead atoms. The number of hydrogen-bond acceptors (Lipinski definition) is 4. The molecule has 24 heavy (non-hydrogen) atoms. The molecule has 1 aliphatic heterocycles. The fourth-order valence-electron chi connectivity index (χ4n) is 4.84. The van der Waals surface area contributed by atoms with E-state index in [4.69, 9.17) is 0 Å². The van der Waals surface area contributed by atoms with Crippen molar-refractivity contribution >= 4 is 33.7 Å². The molecule has 0 aromatic carbocycles. The lowest BCUT2D eigenvalue weighted by Crippen LogP contribution is -2.47. The van der Waals surface area contributed by atoms with Crippen molar-refractivity contribution in [2.45, 2.75) is 6.42 Å². The van der Waals surface area contributed by atoms with E-state index >= 15 is 0 Å². The van der Waals surface area contributed by atoms with Crippen LogP contribution in [0.5, 0.6) is 0 Å². The quantitative estimate of drug-likeness (QED) is 0.599. The second-order valence-electron chi connectivity index (χ2n) is 7.11. The van der Waals surface area contributed by atoms with E-state index in [2.05, 4.69) is 38.6 Å². The molecule has 0 spiro atoms. The van der Waals surface area contributed by atoms with E-state index in [1.165, 1.54) is 4.68 Å². The zero-order valence-electron chi connectivity index (χ0n) is 12.8. The van der Waals surface area contributed by atoms with Crippen LogP contribution in [0.25, 0.3) is 0 Å². The summed E-state index contributed by atoms with van der Waals surface area (Å²) in [5, 5.41) is 4.98. The molecular formula is C16H15BrN4O3. The van der Waals surface area contributed by atoms with E-state index in [0.29, 0.717) is 16.3 Å². The minimum absolute atomic E-state index is 0.143. The normalized spacial score (nSPS) is 38.3. The number of hydrogen-bond donors (Lipinski definition) is 1. The van der Waals surface area contributed by atoms with Gasteiger partial charge in [0.05, 0.1) is 16.3 Å². The smallest absolute Gasteiger partial charge is 0.274 e. The minimum atomic E-state index is -0.562.